The molecule has 1 heterocycles. The Morgan fingerprint density at radius 3 is 3.06 bits per heavy atom. The molecule has 0 spiro atoms. The highest BCUT2D eigenvalue weighted by Crippen LogP contribution is 2.35. The van der Waals surface area contributed by atoms with Crippen molar-refractivity contribution in [2.45, 2.75) is 0 Å². The van der Waals surface area contributed by atoms with Crippen molar-refractivity contribution in [3.63, 3.8) is 0 Å². The maximum atomic E-state index is 11.8. The summed E-state index contributed by atoms with van der Waals surface area (Å²) in [4.78, 5) is 12.4. The van der Waals surface area contributed by atoms with E-state index in [0.29, 0.717) is 17.1 Å². The molecule has 0 fully saturated rings. The minimum atomic E-state index is -0.153. The Hall–Kier alpha value is -1.33. The van der Waals surface area contributed by atoms with E-state index in [-0.39, 0.29) is 5.91 Å². The van der Waals surface area contributed by atoms with Gasteiger partial charge in [-0.25, -0.2) is 0 Å². The van der Waals surface area contributed by atoms with Crippen LogP contribution in [0.25, 0.3) is 10.1 Å². The SMILES string of the molecule is C=CCNC(=O)c1sc2ccc(Br)cc2c1N. The molecule has 0 unspecified atom stereocenters. The van der Waals surface area contributed by atoms with Crippen molar-refractivity contribution in [1.82, 2.24) is 5.32 Å². The quantitative estimate of drug-likeness (QED) is 0.856. The minimum absolute atomic E-state index is 0.153. The van der Waals surface area contributed by atoms with E-state index in [0.717, 1.165) is 14.6 Å². The fourth-order valence-electron chi connectivity index (χ4n) is 1.50. The number of nitrogens with two attached hydrogens (primary N) is 1. The van der Waals surface area contributed by atoms with E-state index in [1.807, 2.05) is 18.2 Å². The normalized spacial score (nSPS) is 10.4. The maximum Gasteiger partial charge on any atom is 0.263 e. The Morgan fingerprint density at radius 2 is 2.35 bits per heavy atom. The number of nitrogen functional groups attached to an aromatic ring is 1. The second-order valence-corrected chi connectivity index (χ2v) is 5.45. The van der Waals surface area contributed by atoms with Crippen LogP contribution in [0.2, 0.25) is 0 Å². The van der Waals surface area contributed by atoms with E-state index >= 15 is 0 Å². The molecule has 0 saturated heterocycles. The highest BCUT2D eigenvalue weighted by molar-refractivity contribution is 9.10. The molecule has 3 N–H and O–H groups in total. The van der Waals surface area contributed by atoms with Crippen LogP contribution in [0.5, 0.6) is 0 Å². The molecule has 3 nitrogen and oxygen atoms in total. The second-order valence-electron chi connectivity index (χ2n) is 3.48. The van der Waals surface area contributed by atoms with Crippen LogP contribution in [0.3, 0.4) is 0 Å². The zero-order valence-electron chi connectivity index (χ0n) is 9.00. The third-order valence-corrected chi connectivity index (χ3v) is 3.98. The molecule has 0 bridgehead atoms. The number of carbonyl (C=O) groups excluding carboxylic acids is 1. The number of rotatable bonds is 3. The van der Waals surface area contributed by atoms with Gasteiger partial charge in [-0.3, -0.25) is 4.79 Å². The first-order valence-electron chi connectivity index (χ1n) is 5.00. The smallest absolute Gasteiger partial charge is 0.263 e. The number of anilines is 1. The highest BCUT2D eigenvalue weighted by Gasteiger charge is 2.15. The molecule has 0 aliphatic rings. The van der Waals surface area contributed by atoms with E-state index in [9.17, 15) is 4.79 Å². The predicted molar refractivity (Wildman–Crippen MR) is 76.5 cm³/mol. The van der Waals surface area contributed by atoms with Gasteiger partial charge in [0.25, 0.3) is 5.91 Å². The Labute approximate surface area is 111 Å². The Morgan fingerprint density at radius 1 is 1.59 bits per heavy atom. The molecule has 88 valence electrons. The van der Waals surface area contributed by atoms with Crippen LogP contribution in [-0.4, -0.2) is 12.5 Å². The Kier molecular flexibility index (Phi) is 3.49. The van der Waals surface area contributed by atoms with Gasteiger partial charge in [0.2, 0.25) is 0 Å². The van der Waals surface area contributed by atoms with Gasteiger partial charge in [-0.1, -0.05) is 22.0 Å². The molecule has 1 aromatic carbocycles. The summed E-state index contributed by atoms with van der Waals surface area (Å²) in [6, 6.07) is 5.81. The molecule has 0 aliphatic carbocycles. The summed E-state index contributed by atoms with van der Waals surface area (Å²) >= 11 is 4.79. The Bertz CT molecular complexity index is 591. The van der Waals surface area contributed by atoms with Gasteiger partial charge < -0.3 is 11.1 Å². The van der Waals surface area contributed by atoms with Crippen molar-refractivity contribution in [3.8, 4) is 0 Å². The number of benzene rings is 1. The number of amides is 1. The zero-order chi connectivity index (χ0) is 12.4. The van der Waals surface area contributed by atoms with Crippen molar-refractivity contribution in [2.75, 3.05) is 12.3 Å². The second kappa shape index (κ2) is 4.89. The van der Waals surface area contributed by atoms with Crippen molar-refractivity contribution >= 4 is 48.9 Å². The molecule has 2 rings (SSSR count). The molecule has 5 heteroatoms. The van der Waals surface area contributed by atoms with Crippen LogP contribution in [-0.2, 0) is 0 Å². The first-order valence-corrected chi connectivity index (χ1v) is 6.61. The van der Waals surface area contributed by atoms with E-state index in [1.165, 1.54) is 11.3 Å². The number of hydrogen-bond donors (Lipinski definition) is 2. The summed E-state index contributed by atoms with van der Waals surface area (Å²) in [6.07, 6.45) is 1.64. The van der Waals surface area contributed by atoms with Crippen LogP contribution in [0, 0.1) is 0 Å². The first-order chi connectivity index (χ1) is 8.13. The zero-order valence-corrected chi connectivity index (χ0v) is 11.4. The summed E-state index contributed by atoms with van der Waals surface area (Å²) in [7, 11) is 0. The summed E-state index contributed by atoms with van der Waals surface area (Å²) in [5.74, 6) is -0.153. The van der Waals surface area contributed by atoms with Gasteiger partial charge in [-0.2, -0.15) is 0 Å². The minimum Gasteiger partial charge on any atom is -0.397 e. The molecular formula is C12H11BrN2OS. The van der Waals surface area contributed by atoms with E-state index in [4.69, 9.17) is 5.73 Å². The van der Waals surface area contributed by atoms with Crippen LogP contribution in [0.15, 0.2) is 35.3 Å². The van der Waals surface area contributed by atoms with Gasteiger partial charge in [0.1, 0.15) is 4.88 Å². The van der Waals surface area contributed by atoms with Gasteiger partial charge in [-0.05, 0) is 18.2 Å². The lowest BCUT2D eigenvalue weighted by atomic mass is 10.2. The van der Waals surface area contributed by atoms with Gasteiger partial charge in [0, 0.05) is 21.1 Å². The highest BCUT2D eigenvalue weighted by atomic mass is 79.9. The van der Waals surface area contributed by atoms with E-state index in [1.54, 1.807) is 6.08 Å². The molecule has 17 heavy (non-hydrogen) atoms. The first kappa shape index (κ1) is 12.1. The third kappa shape index (κ3) is 2.35. The average molecular weight is 311 g/mol. The van der Waals surface area contributed by atoms with Gasteiger partial charge >= 0.3 is 0 Å². The number of carbonyl (C=O) groups is 1. The third-order valence-electron chi connectivity index (χ3n) is 2.30. The Balaban J connectivity index is 2.45. The molecule has 0 atom stereocenters. The summed E-state index contributed by atoms with van der Waals surface area (Å²) in [6.45, 7) is 4.00. The van der Waals surface area contributed by atoms with Crippen molar-refractivity contribution < 1.29 is 4.79 Å². The lowest BCUT2D eigenvalue weighted by molar-refractivity contribution is 0.0963. The van der Waals surface area contributed by atoms with Gasteiger partial charge in [0.05, 0.1) is 5.69 Å². The predicted octanol–water partition coefficient (Wildman–Crippen LogP) is 3.16. The van der Waals surface area contributed by atoms with E-state index < -0.39 is 0 Å². The fourth-order valence-corrected chi connectivity index (χ4v) is 2.88. The molecule has 0 saturated carbocycles. The monoisotopic (exact) mass is 310 g/mol. The number of nitrogens with one attached hydrogen (secondary N) is 1. The average Bonchev–Trinajstić information content (AvgIpc) is 2.64. The van der Waals surface area contributed by atoms with Gasteiger partial charge in [-0.15, -0.1) is 17.9 Å². The largest absolute Gasteiger partial charge is 0.397 e. The number of fused-ring (bicyclic) bond motifs is 1. The molecule has 0 aliphatic heterocycles. The van der Waals surface area contributed by atoms with Gasteiger partial charge in [0.15, 0.2) is 0 Å². The molecule has 1 amide bonds. The number of halogens is 1. The molecule has 1 aromatic heterocycles. The van der Waals surface area contributed by atoms with Crippen molar-refractivity contribution in [3.05, 3.63) is 40.2 Å². The van der Waals surface area contributed by atoms with Crippen molar-refractivity contribution in [1.29, 1.82) is 0 Å². The topological polar surface area (TPSA) is 55.1 Å². The summed E-state index contributed by atoms with van der Waals surface area (Å²) < 4.78 is 1.96. The lowest BCUT2D eigenvalue weighted by Crippen LogP contribution is -2.22. The number of hydrogen-bond acceptors (Lipinski definition) is 3. The summed E-state index contributed by atoms with van der Waals surface area (Å²) in [5, 5.41) is 3.64. The molecule has 2 aromatic rings. The van der Waals surface area contributed by atoms with Crippen LogP contribution in [0.1, 0.15) is 9.67 Å². The fraction of sp³-hybridized carbons (Fsp3) is 0.0833. The van der Waals surface area contributed by atoms with Crippen LogP contribution in [0.4, 0.5) is 5.69 Å². The van der Waals surface area contributed by atoms with E-state index in [2.05, 4.69) is 27.8 Å². The molecular weight excluding hydrogens is 300 g/mol. The standard InChI is InChI=1S/C12H11BrN2OS/c1-2-5-15-12(16)11-10(14)8-6-7(13)3-4-9(8)17-11/h2-4,6H,1,5,14H2,(H,15,16). The van der Waals surface area contributed by atoms with Crippen molar-refractivity contribution in [2.24, 2.45) is 0 Å². The number of thiophene rings is 1. The summed E-state index contributed by atoms with van der Waals surface area (Å²) in [5.41, 5.74) is 6.52. The van der Waals surface area contributed by atoms with Crippen LogP contribution >= 0.6 is 27.3 Å². The van der Waals surface area contributed by atoms with Crippen LogP contribution < -0.4 is 11.1 Å². The maximum absolute atomic E-state index is 11.8. The lowest BCUT2D eigenvalue weighted by Gasteiger charge is -2.00. The molecule has 0 radical (unpaired) electrons.